The molecule has 1 aromatic rings. The zero-order chi connectivity index (χ0) is 13.7. The van der Waals surface area contributed by atoms with Gasteiger partial charge >= 0.3 is 0 Å². The van der Waals surface area contributed by atoms with Crippen molar-refractivity contribution in [3.8, 4) is 5.75 Å². The van der Waals surface area contributed by atoms with E-state index in [1.807, 2.05) is 23.1 Å². The van der Waals surface area contributed by atoms with Crippen LogP contribution in [-0.2, 0) is 0 Å². The maximum atomic E-state index is 12.6. The summed E-state index contributed by atoms with van der Waals surface area (Å²) in [7, 11) is 1.61. The zero-order valence-electron chi connectivity index (χ0n) is 11.5. The first kappa shape index (κ1) is 13.9. The molecule has 1 saturated heterocycles. The molecule has 0 aliphatic carbocycles. The van der Waals surface area contributed by atoms with E-state index in [0.717, 1.165) is 25.8 Å². The lowest BCUT2D eigenvalue weighted by molar-refractivity contribution is 0.0688. The van der Waals surface area contributed by atoms with E-state index in [1.54, 1.807) is 13.2 Å². The van der Waals surface area contributed by atoms with Crippen molar-refractivity contribution in [3.63, 3.8) is 0 Å². The third-order valence-electron chi connectivity index (χ3n) is 3.73. The van der Waals surface area contributed by atoms with Gasteiger partial charge in [0.05, 0.1) is 7.11 Å². The summed E-state index contributed by atoms with van der Waals surface area (Å²) in [5, 5.41) is 0. The van der Waals surface area contributed by atoms with Gasteiger partial charge in [-0.1, -0.05) is 18.9 Å². The Hall–Kier alpha value is -1.55. The van der Waals surface area contributed by atoms with Gasteiger partial charge < -0.3 is 15.4 Å². The maximum Gasteiger partial charge on any atom is 0.254 e. The van der Waals surface area contributed by atoms with Crippen molar-refractivity contribution in [2.45, 2.75) is 31.7 Å². The highest BCUT2D eigenvalue weighted by molar-refractivity contribution is 5.94. The van der Waals surface area contributed by atoms with Gasteiger partial charge in [0.15, 0.2) is 0 Å². The zero-order valence-corrected chi connectivity index (χ0v) is 11.5. The van der Waals surface area contributed by atoms with E-state index in [9.17, 15) is 4.79 Å². The molecule has 1 aromatic carbocycles. The van der Waals surface area contributed by atoms with Gasteiger partial charge in [-0.3, -0.25) is 4.79 Å². The van der Waals surface area contributed by atoms with Crippen LogP contribution in [0.3, 0.4) is 0 Å². The largest absolute Gasteiger partial charge is 0.497 e. The van der Waals surface area contributed by atoms with Crippen molar-refractivity contribution in [1.29, 1.82) is 0 Å². The summed E-state index contributed by atoms with van der Waals surface area (Å²) >= 11 is 0. The van der Waals surface area contributed by atoms with Crippen LogP contribution in [0.15, 0.2) is 24.3 Å². The molecule has 19 heavy (non-hydrogen) atoms. The quantitative estimate of drug-likeness (QED) is 0.907. The first-order chi connectivity index (χ1) is 9.26. The molecule has 1 unspecified atom stereocenters. The molecular formula is C15H22N2O2. The Morgan fingerprint density at radius 1 is 1.42 bits per heavy atom. The minimum absolute atomic E-state index is 0.0660. The summed E-state index contributed by atoms with van der Waals surface area (Å²) in [6.07, 6.45) is 4.40. The summed E-state index contributed by atoms with van der Waals surface area (Å²) in [6.45, 7) is 1.34. The highest BCUT2D eigenvalue weighted by atomic mass is 16.5. The van der Waals surface area contributed by atoms with Crippen LogP contribution < -0.4 is 10.5 Å². The second-order valence-corrected chi connectivity index (χ2v) is 4.97. The third-order valence-corrected chi connectivity index (χ3v) is 3.73. The fraction of sp³-hybridized carbons (Fsp3) is 0.533. The molecule has 1 aliphatic rings. The number of ether oxygens (including phenoxy) is 1. The average Bonchev–Trinajstić information content (AvgIpc) is 2.71. The average molecular weight is 262 g/mol. The first-order valence-electron chi connectivity index (χ1n) is 6.91. The van der Waals surface area contributed by atoms with E-state index >= 15 is 0 Å². The number of carbonyl (C=O) groups is 1. The lowest BCUT2D eigenvalue weighted by Gasteiger charge is -2.29. The molecular weight excluding hydrogens is 240 g/mol. The highest BCUT2D eigenvalue weighted by Gasteiger charge is 2.25. The normalized spacial score (nSPS) is 19.9. The van der Waals surface area contributed by atoms with Crippen LogP contribution in [0, 0.1) is 0 Å². The lowest BCUT2D eigenvalue weighted by atomic mass is 10.1. The van der Waals surface area contributed by atoms with Gasteiger partial charge in [-0.05, 0) is 31.0 Å². The van der Waals surface area contributed by atoms with Gasteiger partial charge in [0.25, 0.3) is 5.91 Å². The molecule has 1 heterocycles. The van der Waals surface area contributed by atoms with Crippen molar-refractivity contribution >= 4 is 5.91 Å². The molecule has 1 aliphatic heterocycles. The highest BCUT2D eigenvalue weighted by Crippen LogP contribution is 2.20. The number of benzene rings is 1. The molecule has 4 nitrogen and oxygen atoms in total. The molecule has 1 fully saturated rings. The number of methoxy groups -OCH3 is 1. The minimum atomic E-state index is 0.0660. The summed E-state index contributed by atoms with van der Waals surface area (Å²) in [5.74, 6) is 0.779. The molecule has 0 spiro atoms. The summed E-state index contributed by atoms with van der Waals surface area (Å²) < 4.78 is 5.17. The number of hydrogen-bond acceptors (Lipinski definition) is 3. The number of hydrogen-bond donors (Lipinski definition) is 1. The molecule has 0 aromatic heterocycles. The summed E-state index contributed by atoms with van der Waals surface area (Å²) in [5.41, 5.74) is 6.50. The fourth-order valence-corrected chi connectivity index (χ4v) is 2.61. The molecule has 1 atom stereocenters. The Bertz CT molecular complexity index is 434. The van der Waals surface area contributed by atoms with Gasteiger partial charge in [0, 0.05) is 24.7 Å². The van der Waals surface area contributed by atoms with E-state index in [2.05, 4.69) is 0 Å². The number of nitrogens with two attached hydrogens (primary N) is 1. The Labute approximate surface area is 114 Å². The van der Waals surface area contributed by atoms with Crippen LogP contribution in [0.25, 0.3) is 0 Å². The smallest absolute Gasteiger partial charge is 0.254 e. The van der Waals surface area contributed by atoms with Crippen molar-refractivity contribution in [1.82, 2.24) is 4.90 Å². The van der Waals surface area contributed by atoms with E-state index in [-0.39, 0.29) is 11.9 Å². The number of rotatable bonds is 3. The summed E-state index contributed by atoms with van der Waals surface area (Å²) in [6, 6.07) is 7.49. The molecule has 0 saturated carbocycles. The van der Waals surface area contributed by atoms with Gasteiger partial charge in [-0.2, -0.15) is 0 Å². The molecule has 2 rings (SSSR count). The molecule has 104 valence electrons. The van der Waals surface area contributed by atoms with Gasteiger partial charge in [0.2, 0.25) is 0 Å². The van der Waals surface area contributed by atoms with E-state index in [4.69, 9.17) is 10.5 Å². The second-order valence-electron chi connectivity index (χ2n) is 4.97. The van der Waals surface area contributed by atoms with Gasteiger partial charge in [-0.25, -0.2) is 0 Å². The van der Waals surface area contributed by atoms with Gasteiger partial charge in [-0.15, -0.1) is 0 Å². The number of amides is 1. The molecule has 0 radical (unpaired) electrons. The lowest BCUT2D eigenvalue weighted by Crippen LogP contribution is -2.44. The second kappa shape index (κ2) is 6.57. The van der Waals surface area contributed by atoms with Crippen molar-refractivity contribution in [2.75, 3.05) is 20.2 Å². The topological polar surface area (TPSA) is 55.6 Å². The number of carbonyl (C=O) groups excluding carboxylic acids is 1. The summed E-state index contributed by atoms with van der Waals surface area (Å²) in [4.78, 5) is 14.5. The van der Waals surface area contributed by atoms with Crippen LogP contribution in [0.2, 0.25) is 0 Å². The first-order valence-corrected chi connectivity index (χ1v) is 6.91. The predicted molar refractivity (Wildman–Crippen MR) is 75.3 cm³/mol. The Kier molecular flexibility index (Phi) is 4.80. The monoisotopic (exact) mass is 262 g/mol. The van der Waals surface area contributed by atoms with E-state index < -0.39 is 0 Å². The van der Waals surface area contributed by atoms with Crippen LogP contribution in [0.1, 0.15) is 36.0 Å². The Morgan fingerprint density at radius 3 is 3.00 bits per heavy atom. The predicted octanol–water partition coefficient (Wildman–Crippen LogP) is 2.04. The van der Waals surface area contributed by atoms with Crippen molar-refractivity contribution in [3.05, 3.63) is 29.8 Å². The third kappa shape index (κ3) is 3.26. The van der Waals surface area contributed by atoms with Crippen LogP contribution >= 0.6 is 0 Å². The van der Waals surface area contributed by atoms with Crippen molar-refractivity contribution < 1.29 is 9.53 Å². The molecule has 0 bridgehead atoms. The van der Waals surface area contributed by atoms with Crippen LogP contribution in [-0.4, -0.2) is 37.0 Å². The Morgan fingerprint density at radius 2 is 2.26 bits per heavy atom. The van der Waals surface area contributed by atoms with Gasteiger partial charge in [0.1, 0.15) is 5.75 Å². The molecule has 2 N–H and O–H groups in total. The Balaban J connectivity index is 2.20. The molecule has 4 heteroatoms. The van der Waals surface area contributed by atoms with E-state index in [0.29, 0.717) is 17.9 Å². The maximum absolute atomic E-state index is 12.6. The number of nitrogens with zero attached hydrogens (tertiary/aromatic N) is 1. The van der Waals surface area contributed by atoms with Crippen LogP contribution in [0.4, 0.5) is 0 Å². The van der Waals surface area contributed by atoms with E-state index in [1.165, 1.54) is 6.42 Å². The standard InChI is InChI=1S/C15H22N2O2/c1-19-14-8-5-6-12(10-14)15(18)17-9-4-2-3-7-13(17)11-16/h5-6,8,10,13H,2-4,7,9,11,16H2,1H3. The molecule has 1 amide bonds. The number of likely N-dealkylation sites (tertiary alicyclic amines) is 1. The van der Waals surface area contributed by atoms with Crippen LogP contribution in [0.5, 0.6) is 5.75 Å². The minimum Gasteiger partial charge on any atom is -0.497 e. The van der Waals surface area contributed by atoms with Crippen molar-refractivity contribution in [2.24, 2.45) is 5.73 Å². The fourth-order valence-electron chi connectivity index (χ4n) is 2.61. The SMILES string of the molecule is COc1cccc(C(=O)N2CCCCCC2CN)c1.